The van der Waals surface area contributed by atoms with E-state index in [2.05, 4.69) is 0 Å². The van der Waals surface area contributed by atoms with Crippen LogP contribution in [0.2, 0.25) is 0 Å². The van der Waals surface area contributed by atoms with Crippen LogP contribution in [0.3, 0.4) is 0 Å². The zero-order valence-electron chi connectivity index (χ0n) is 9.83. The van der Waals surface area contributed by atoms with Gasteiger partial charge in [0.05, 0.1) is 0 Å². The van der Waals surface area contributed by atoms with Gasteiger partial charge in [0.25, 0.3) is 0 Å². The predicted octanol–water partition coefficient (Wildman–Crippen LogP) is 2.27. The van der Waals surface area contributed by atoms with Crippen LogP contribution in [-0.4, -0.2) is 26.1 Å². The third-order valence-corrected chi connectivity index (χ3v) is 5.33. The molecule has 0 atom stereocenters. The molecule has 2 aromatic rings. The molecule has 1 heterocycles. The van der Waals surface area contributed by atoms with Gasteiger partial charge in [0.2, 0.25) is 0 Å². The van der Waals surface area contributed by atoms with Crippen LogP contribution in [0.4, 0.5) is 4.39 Å². The van der Waals surface area contributed by atoms with E-state index in [1.54, 1.807) is 0 Å². The number of hydrogen-bond acceptors (Lipinski definition) is 2. The van der Waals surface area contributed by atoms with E-state index in [-0.39, 0.29) is 31.6 Å². The summed E-state index contributed by atoms with van der Waals surface area (Å²) in [5.41, 5.74) is 1.58. The Morgan fingerprint density at radius 1 is 0.944 bits per heavy atom. The fourth-order valence-electron chi connectivity index (χ4n) is 2.40. The van der Waals surface area contributed by atoms with Crippen molar-refractivity contribution in [2.75, 3.05) is 0 Å². The molecule has 0 unspecified atom stereocenters. The van der Waals surface area contributed by atoms with Crippen LogP contribution in [-0.2, 0) is 0 Å². The summed E-state index contributed by atoms with van der Waals surface area (Å²) in [5.74, 6) is -0.841. The van der Waals surface area contributed by atoms with Crippen molar-refractivity contribution < 1.29 is 14.0 Å². The number of rotatable bonds is 0. The van der Waals surface area contributed by atoms with Crippen LogP contribution in [0, 0.1) is 19.7 Å². The normalized spacial score (nSPS) is 13.5. The molecule has 2 nitrogen and oxygen atoms in total. The third kappa shape index (κ3) is 1.39. The molecule has 0 radical (unpaired) electrons. The fraction of sp³-hybridized carbons (Fsp3) is 0.143. The van der Waals surface area contributed by atoms with Crippen molar-refractivity contribution in [3.8, 4) is 0 Å². The van der Waals surface area contributed by atoms with Crippen molar-refractivity contribution in [3.63, 3.8) is 0 Å². The van der Waals surface area contributed by atoms with Crippen LogP contribution >= 0.6 is 0 Å². The number of aryl methyl sites for hydroxylation is 2. The van der Waals surface area contributed by atoms with E-state index in [0.717, 1.165) is 14.9 Å². The number of carbonyl (C=O) groups excluding carboxylic acids is 2. The number of hydrogen-bond donors (Lipinski definition) is 0. The van der Waals surface area contributed by atoms with Crippen molar-refractivity contribution >= 4 is 26.1 Å². The fourth-order valence-corrected chi connectivity index (χ4v) is 4.61. The van der Waals surface area contributed by atoms with Crippen molar-refractivity contribution in [1.82, 2.24) is 0 Å². The van der Waals surface area contributed by atoms with Crippen molar-refractivity contribution in [3.05, 3.63) is 55.1 Å². The molecule has 0 spiro atoms. The Kier molecular flexibility index (Phi) is 2.40. The maximum atomic E-state index is 13.2. The van der Waals surface area contributed by atoms with Gasteiger partial charge in [-0.3, -0.25) is 0 Å². The van der Waals surface area contributed by atoms with E-state index in [4.69, 9.17) is 0 Å². The zero-order valence-corrected chi connectivity index (χ0v) is 11.5. The zero-order chi connectivity index (χ0) is 13.0. The number of fused-ring (bicyclic) bond motifs is 2. The Morgan fingerprint density at radius 3 is 2.11 bits per heavy atom. The summed E-state index contributed by atoms with van der Waals surface area (Å²) in [5, 5.41) is 0. The quantitative estimate of drug-likeness (QED) is 0.597. The standard InChI is InChI=1S/C14H9FO2Se/c1-6-11-12(7(2)18-6)14(17)10-5-8(15)3-4-9(10)13(11)16/h3-5H,1-2H3. The second-order valence-corrected chi connectivity index (χ2v) is 7.31. The van der Waals surface area contributed by atoms with Gasteiger partial charge in [-0.2, -0.15) is 0 Å². The van der Waals surface area contributed by atoms with Gasteiger partial charge >= 0.3 is 109 Å². The molecule has 0 fully saturated rings. The van der Waals surface area contributed by atoms with E-state index in [1.807, 2.05) is 13.8 Å². The first-order valence-electron chi connectivity index (χ1n) is 5.49. The van der Waals surface area contributed by atoms with E-state index < -0.39 is 5.82 Å². The minimum absolute atomic E-state index is 0.0660. The van der Waals surface area contributed by atoms with Crippen LogP contribution < -0.4 is 0 Å². The van der Waals surface area contributed by atoms with Crippen LogP contribution in [0.25, 0.3) is 0 Å². The molecule has 1 aromatic heterocycles. The summed E-state index contributed by atoms with van der Waals surface area (Å²) in [6.07, 6.45) is 0. The molecule has 0 N–H and O–H groups in total. The van der Waals surface area contributed by atoms with E-state index in [9.17, 15) is 14.0 Å². The molecule has 1 aliphatic rings. The van der Waals surface area contributed by atoms with Crippen molar-refractivity contribution in [2.45, 2.75) is 13.8 Å². The van der Waals surface area contributed by atoms with Crippen molar-refractivity contribution in [1.29, 1.82) is 0 Å². The SMILES string of the molecule is Cc1[se]c(C)c2c1C(=O)c1ccc(F)cc1C2=O. The molecule has 0 bridgehead atoms. The molecule has 18 heavy (non-hydrogen) atoms. The second kappa shape index (κ2) is 3.74. The summed E-state index contributed by atoms with van der Waals surface area (Å²) in [6.45, 7) is 3.77. The molecule has 1 aliphatic carbocycles. The molecule has 90 valence electrons. The average Bonchev–Trinajstić information content (AvgIpc) is 2.61. The topological polar surface area (TPSA) is 34.1 Å². The monoisotopic (exact) mass is 308 g/mol. The molecule has 0 saturated heterocycles. The van der Waals surface area contributed by atoms with Gasteiger partial charge in [-0.1, -0.05) is 0 Å². The molecule has 0 saturated carbocycles. The Balaban J connectivity index is 2.37. The summed E-state index contributed by atoms with van der Waals surface area (Å²) in [4.78, 5) is 24.7. The van der Waals surface area contributed by atoms with Crippen LogP contribution in [0.15, 0.2) is 18.2 Å². The first-order valence-corrected chi connectivity index (χ1v) is 7.21. The summed E-state index contributed by atoms with van der Waals surface area (Å²) < 4.78 is 15.2. The van der Waals surface area contributed by atoms with Gasteiger partial charge in [-0.05, 0) is 0 Å². The van der Waals surface area contributed by atoms with Gasteiger partial charge < -0.3 is 0 Å². The Morgan fingerprint density at radius 2 is 1.50 bits per heavy atom. The Bertz CT molecular complexity index is 713. The van der Waals surface area contributed by atoms with E-state index >= 15 is 0 Å². The summed E-state index contributed by atoms with van der Waals surface area (Å²) >= 11 is 0.0660. The molecule has 1 aromatic carbocycles. The molecule has 0 aliphatic heterocycles. The minimum atomic E-state index is -0.485. The number of carbonyl (C=O) groups is 2. The molecule has 0 amide bonds. The number of halogens is 1. The van der Waals surface area contributed by atoms with E-state index in [0.29, 0.717) is 16.7 Å². The predicted molar refractivity (Wildman–Crippen MR) is 66.1 cm³/mol. The summed E-state index contributed by atoms with van der Waals surface area (Å²) in [7, 11) is 0. The molecular formula is C14H9FO2Se. The second-order valence-electron chi connectivity index (χ2n) is 4.31. The van der Waals surface area contributed by atoms with Crippen molar-refractivity contribution in [2.24, 2.45) is 0 Å². The molecule has 4 heteroatoms. The summed E-state index contributed by atoms with van der Waals surface area (Å²) in [6, 6.07) is 3.79. The number of benzene rings is 1. The van der Waals surface area contributed by atoms with Gasteiger partial charge in [0.1, 0.15) is 0 Å². The van der Waals surface area contributed by atoms with Gasteiger partial charge in [0.15, 0.2) is 0 Å². The van der Waals surface area contributed by atoms with E-state index in [1.165, 1.54) is 12.1 Å². The van der Waals surface area contributed by atoms with Crippen LogP contribution in [0.5, 0.6) is 0 Å². The molecular weight excluding hydrogens is 298 g/mol. The first-order chi connectivity index (χ1) is 8.50. The van der Waals surface area contributed by atoms with Gasteiger partial charge in [-0.15, -0.1) is 0 Å². The Labute approximate surface area is 109 Å². The van der Waals surface area contributed by atoms with Crippen LogP contribution in [0.1, 0.15) is 40.7 Å². The van der Waals surface area contributed by atoms with Gasteiger partial charge in [-0.25, -0.2) is 0 Å². The number of ketones is 2. The maximum absolute atomic E-state index is 13.2. The average molecular weight is 307 g/mol. The third-order valence-electron chi connectivity index (χ3n) is 3.19. The van der Waals surface area contributed by atoms with Gasteiger partial charge in [0, 0.05) is 0 Å². The molecule has 3 rings (SSSR count). The first kappa shape index (κ1) is 11.6. The Hall–Kier alpha value is -1.51.